The van der Waals surface area contributed by atoms with Gasteiger partial charge in [-0.25, -0.2) is 4.68 Å². The Kier molecular flexibility index (Phi) is 3.36. The Balaban J connectivity index is 2.08. The molecule has 2 N–H and O–H groups in total. The molecule has 1 fully saturated rings. The van der Waals surface area contributed by atoms with Gasteiger partial charge in [0.25, 0.3) is 0 Å². The molecule has 0 radical (unpaired) electrons. The molecule has 0 atom stereocenters. The van der Waals surface area contributed by atoms with Crippen molar-refractivity contribution in [2.45, 2.75) is 44.6 Å². The first-order valence-corrected chi connectivity index (χ1v) is 5.75. The van der Waals surface area contributed by atoms with Crippen molar-refractivity contribution >= 4 is 0 Å². The molecule has 0 amide bonds. The molecule has 15 heavy (non-hydrogen) atoms. The van der Waals surface area contributed by atoms with Gasteiger partial charge in [0.15, 0.2) is 0 Å². The predicted octanol–water partition coefficient (Wildman–Crippen LogP) is 2.03. The zero-order valence-electron chi connectivity index (χ0n) is 8.95. The van der Waals surface area contributed by atoms with Crippen molar-refractivity contribution in [2.75, 3.05) is 6.54 Å². The first kappa shape index (κ1) is 10.6. The van der Waals surface area contributed by atoms with Gasteiger partial charge in [0.2, 0.25) is 5.95 Å². The zero-order valence-corrected chi connectivity index (χ0v) is 8.95. The van der Waals surface area contributed by atoms with Crippen molar-refractivity contribution in [3.05, 3.63) is 17.7 Å². The maximum Gasteiger partial charge on any atom is 0.214 e. The van der Waals surface area contributed by atoms with E-state index in [0.29, 0.717) is 18.5 Å². The van der Waals surface area contributed by atoms with Crippen molar-refractivity contribution in [3.8, 4) is 0 Å². The largest absolute Gasteiger partial charge is 0.330 e. The number of hydrogen-bond donors (Lipinski definition) is 1. The third-order valence-electron chi connectivity index (χ3n) is 3.12. The minimum absolute atomic E-state index is 0.143. The Labute approximate surface area is 89.5 Å². The number of nitrogens with zero attached hydrogens (tertiary/aromatic N) is 2. The van der Waals surface area contributed by atoms with Gasteiger partial charge in [-0.3, -0.25) is 0 Å². The number of rotatable bonds is 4. The van der Waals surface area contributed by atoms with Crippen LogP contribution in [0.1, 0.15) is 43.7 Å². The van der Waals surface area contributed by atoms with Crippen LogP contribution in [0.15, 0.2) is 6.20 Å². The molecular weight excluding hydrogens is 193 g/mol. The molecule has 1 heterocycles. The molecule has 1 aromatic heterocycles. The van der Waals surface area contributed by atoms with Gasteiger partial charge in [-0.1, -0.05) is 12.8 Å². The monoisotopic (exact) mass is 211 g/mol. The molecule has 1 saturated carbocycles. The number of aryl methyl sites for hydroxylation is 1. The molecule has 1 aromatic rings. The van der Waals surface area contributed by atoms with Gasteiger partial charge in [-0.15, -0.1) is 0 Å². The van der Waals surface area contributed by atoms with E-state index in [1.807, 2.05) is 0 Å². The SMILES string of the molecule is NCCCc1cnn(C2CCCC2)c1F. The van der Waals surface area contributed by atoms with E-state index in [-0.39, 0.29) is 12.0 Å². The van der Waals surface area contributed by atoms with Crippen molar-refractivity contribution in [3.63, 3.8) is 0 Å². The summed E-state index contributed by atoms with van der Waals surface area (Å²) in [5.74, 6) is -0.143. The van der Waals surface area contributed by atoms with Gasteiger partial charge in [-0.2, -0.15) is 9.49 Å². The normalized spacial score (nSPS) is 17.5. The lowest BCUT2D eigenvalue weighted by Gasteiger charge is -2.09. The first-order valence-electron chi connectivity index (χ1n) is 5.75. The lowest BCUT2D eigenvalue weighted by atomic mass is 10.2. The summed E-state index contributed by atoms with van der Waals surface area (Å²) in [5.41, 5.74) is 6.12. The smallest absolute Gasteiger partial charge is 0.214 e. The predicted molar refractivity (Wildman–Crippen MR) is 57.1 cm³/mol. The molecule has 0 unspecified atom stereocenters. The summed E-state index contributed by atoms with van der Waals surface area (Å²) in [4.78, 5) is 0. The van der Waals surface area contributed by atoms with Crippen LogP contribution in [-0.4, -0.2) is 16.3 Å². The lowest BCUT2D eigenvalue weighted by molar-refractivity contribution is 0.377. The summed E-state index contributed by atoms with van der Waals surface area (Å²) in [6.07, 6.45) is 7.71. The molecule has 0 aromatic carbocycles. The highest BCUT2D eigenvalue weighted by Gasteiger charge is 2.21. The van der Waals surface area contributed by atoms with Crippen molar-refractivity contribution in [2.24, 2.45) is 5.73 Å². The second kappa shape index (κ2) is 4.75. The highest BCUT2D eigenvalue weighted by molar-refractivity contribution is 5.08. The third kappa shape index (κ3) is 2.20. The molecule has 0 aliphatic heterocycles. The molecule has 2 rings (SSSR count). The van der Waals surface area contributed by atoms with E-state index in [1.54, 1.807) is 10.9 Å². The maximum atomic E-state index is 13.9. The molecule has 0 saturated heterocycles. The van der Waals surface area contributed by atoms with E-state index < -0.39 is 0 Å². The quantitative estimate of drug-likeness (QED) is 0.828. The fraction of sp³-hybridized carbons (Fsp3) is 0.727. The zero-order chi connectivity index (χ0) is 10.7. The molecule has 0 bridgehead atoms. The summed E-state index contributed by atoms with van der Waals surface area (Å²) in [5, 5.41) is 4.15. The minimum atomic E-state index is -0.143. The van der Waals surface area contributed by atoms with Gasteiger partial charge in [0.1, 0.15) is 0 Å². The van der Waals surface area contributed by atoms with E-state index in [0.717, 1.165) is 19.3 Å². The lowest BCUT2D eigenvalue weighted by Crippen LogP contribution is -2.09. The molecule has 1 aliphatic rings. The average Bonchev–Trinajstić information content (AvgIpc) is 2.84. The Morgan fingerprint density at radius 3 is 2.87 bits per heavy atom. The van der Waals surface area contributed by atoms with Crippen LogP contribution in [0.4, 0.5) is 4.39 Å². The Morgan fingerprint density at radius 1 is 1.47 bits per heavy atom. The molecular formula is C11H18FN3. The van der Waals surface area contributed by atoms with Crippen LogP contribution >= 0.6 is 0 Å². The van der Waals surface area contributed by atoms with Crippen LogP contribution in [0.25, 0.3) is 0 Å². The molecule has 1 aliphatic carbocycles. The molecule has 3 nitrogen and oxygen atoms in total. The van der Waals surface area contributed by atoms with E-state index in [1.165, 1.54) is 12.8 Å². The van der Waals surface area contributed by atoms with E-state index in [9.17, 15) is 4.39 Å². The van der Waals surface area contributed by atoms with Gasteiger partial charge in [-0.05, 0) is 32.2 Å². The van der Waals surface area contributed by atoms with E-state index in [4.69, 9.17) is 5.73 Å². The average molecular weight is 211 g/mol. The van der Waals surface area contributed by atoms with E-state index in [2.05, 4.69) is 5.10 Å². The summed E-state index contributed by atoms with van der Waals surface area (Å²) in [7, 11) is 0. The van der Waals surface area contributed by atoms with Gasteiger partial charge in [0.05, 0.1) is 12.2 Å². The van der Waals surface area contributed by atoms with Crippen LogP contribution in [0, 0.1) is 5.95 Å². The fourth-order valence-electron chi connectivity index (χ4n) is 2.25. The summed E-state index contributed by atoms with van der Waals surface area (Å²) >= 11 is 0. The minimum Gasteiger partial charge on any atom is -0.330 e. The summed E-state index contributed by atoms with van der Waals surface area (Å²) < 4.78 is 15.4. The van der Waals surface area contributed by atoms with Gasteiger partial charge in [0, 0.05) is 5.56 Å². The van der Waals surface area contributed by atoms with Crippen molar-refractivity contribution < 1.29 is 4.39 Å². The van der Waals surface area contributed by atoms with Crippen LogP contribution in [0.2, 0.25) is 0 Å². The number of nitrogens with two attached hydrogens (primary N) is 1. The second-order valence-corrected chi connectivity index (χ2v) is 4.24. The molecule has 4 heteroatoms. The maximum absolute atomic E-state index is 13.9. The van der Waals surface area contributed by atoms with Crippen LogP contribution in [-0.2, 0) is 6.42 Å². The summed E-state index contributed by atoms with van der Waals surface area (Å²) in [6, 6.07) is 0.289. The Hall–Kier alpha value is -0.900. The first-order chi connectivity index (χ1) is 7.33. The van der Waals surface area contributed by atoms with Crippen molar-refractivity contribution in [1.82, 2.24) is 9.78 Å². The number of aromatic nitrogens is 2. The topological polar surface area (TPSA) is 43.8 Å². The van der Waals surface area contributed by atoms with Crippen LogP contribution < -0.4 is 5.73 Å². The Bertz CT molecular complexity index is 316. The van der Waals surface area contributed by atoms with Crippen LogP contribution in [0.3, 0.4) is 0 Å². The van der Waals surface area contributed by atoms with E-state index >= 15 is 0 Å². The molecule has 0 spiro atoms. The standard InChI is InChI=1S/C11H18FN3/c12-11-9(4-3-7-13)8-14-15(11)10-5-1-2-6-10/h8,10H,1-7,13H2. The Morgan fingerprint density at radius 2 is 2.20 bits per heavy atom. The fourth-order valence-corrected chi connectivity index (χ4v) is 2.25. The third-order valence-corrected chi connectivity index (χ3v) is 3.12. The second-order valence-electron chi connectivity index (χ2n) is 4.24. The highest BCUT2D eigenvalue weighted by atomic mass is 19.1. The van der Waals surface area contributed by atoms with Crippen LogP contribution in [0.5, 0.6) is 0 Å². The number of halogens is 1. The van der Waals surface area contributed by atoms with Gasteiger partial charge >= 0.3 is 0 Å². The van der Waals surface area contributed by atoms with Crippen molar-refractivity contribution in [1.29, 1.82) is 0 Å². The summed E-state index contributed by atoms with van der Waals surface area (Å²) in [6.45, 7) is 0.605. The molecule has 84 valence electrons. The van der Waals surface area contributed by atoms with Gasteiger partial charge < -0.3 is 5.73 Å². The number of hydrogen-bond acceptors (Lipinski definition) is 2. The highest BCUT2D eigenvalue weighted by Crippen LogP contribution is 2.30.